The third-order valence-corrected chi connectivity index (χ3v) is 7.63. The summed E-state index contributed by atoms with van der Waals surface area (Å²) in [6.07, 6.45) is 1.07. The summed E-state index contributed by atoms with van der Waals surface area (Å²) >= 11 is 3.64. The van der Waals surface area contributed by atoms with Gasteiger partial charge in [-0.25, -0.2) is 9.97 Å². The molecule has 0 N–H and O–H groups in total. The maximum Gasteiger partial charge on any atom is 0.186 e. The van der Waals surface area contributed by atoms with Crippen molar-refractivity contribution in [1.29, 1.82) is 0 Å². The molecule has 0 bridgehead atoms. The lowest BCUT2D eigenvalue weighted by Gasteiger charge is -2.34. The van der Waals surface area contributed by atoms with Crippen molar-refractivity contribution < 1.29 is 0 Å². The van der Waals surface area contributed by atoms with Crippen LogP contribution in [0.25, 0.3) is 20.4 Å². The lowest BCUT2D eigenvalue weighted by atomic mass is 10.1. The first kappa shape index (κ1) is 17.9. The van der Waals surface area contributed by atoms with Crippen LogP contribution in [0, 0.1) is 13.8 Å². The molecular formula is C22H24N4S2. The fourth-order valence-electron chi connectivity index (χ4n) is 3.90. The summed E-state index contributed by atoms with van der Waals surface area (Å²) in [5.74, 6) is 0. The van der Waals surface area contributed by atoms with Crippen LogP contribution in [0.5, 0.6) is 0 Å². The van der Waals surface area contributed by atoms with Gasteiger partial charge in [0.15, 0.2) is 10.3 Å². The van der Waals surface area contributed by atoms with Crippen molar-refractivity contribution in [2.75, 3.05) is 36.0 Å². The SMILES string of the molecule is CCc1ccc2nc(N3CCN(c4nc5c(C)cc(C)cc5s4)CC3)sc2c1. The molecule has 0 radical (unpaired) electrons. The van der Waals surface area contributed by atoms with Gasteiger partial charge in [0.2, 0.25) is 0 Å². The highest BCUT2D eigenvalue weighted by Crippen LogP contribution is 2.34. The number of anilines is 2. The van der Waals surface area contributed by atoms with E-state index in [9.17, 15) is 0 Å². The van der Waals surface area contributed by atoms with Crippen molar-refractivity contribution in [1.82, 2.24) is 9.97 Å². The van der Waals surface area contributed by atoms with Crippen molar-refractivity contribution in [2.24, 2.45) is 0 Å². The van der Waals surface area contributed by atoms with E-state index in [-0.39, 0.29) is 0 Å². The fraction of sp³-hybridized carbons (Fsp3) is 0.364. The second kappa shape index (κ2) is 7.01. The molecule has 6 heteroatoms. The van der Waals surface area contributed by atoms with Gasteiger partial charge in [0.05, 0.1) is 20.4 Å². The highest BCUT2D eigenvalue weighted by atomic mass is 32.1. The zero-order valence-electron chi connectivity index (χ0n) is 16.5. The molecule has 4 aromatic rings. The van der Waals surface area contributed by atoms with Gasteiger partial charge in [-0.05, 0) is 55.2 Å². The Bertz CT molecular complexity index is 1150. The van der Waals surface area contributed by atoms with Crippen LogP contribution >= 0.6 is 22.7 Å². The standard InChI is InChI=1S/C22H24N4S2/c1-4-16-5-6-17-18(13-16)27-21(23-17)25-7-9-26(10-8-25)22-24-20-15(3)11-14(2)12-19(20)28-22/h5-6,11-13H,4,7-10H2,1-3H3. The number of rotatable bonds is 3. The second-order valence-electron chi connectivity index (χ2n) is 7.55. The quantitative estimate of drug-likeness (QED) is 0.454. The molecule has 2 aromatic carbocycles. The Labute approximate surface area is 173 Å². The molecule has 0 aliphatic carbocycles. The topological polar surface area (TPSA) is 32.3 Å². The smallest absolute Gasteiger partial charge is 0.186 e. The van der Waals surface area contributed by atoms with Gasteiger partial charge in [0.1, 0.15) is 0 Å². The fourth-order valence-corrected chi connectivity index (χ4v) is 6.17. The number of aromatic nitrogens is 2. The van der Waals surface area contributed by atoms with Crippen LogP contribution in [0.2, 0.25) is 0 Å². The van der Waals surface area contributed by atoms with E-state index in [4.69, 9.17) is 9.97 Å². The Morgan fingerprint density at radius 2 is 1.54 bits per heavy atom. The molecule has 4 nitrogen and oxygen atoms in total. The molecule has 0 amide bonds. The summed E-state index contributed by atoms with van der Waals surface area (Å²) in [6, 6.07) is 11.1. The Hall–Kier alpha value is -2.18. The minimum atomic E-state index is 0.994. The summed E-state index contributed by atoms with van der Waals surface area (Å²) in [6.45, 7) is 10.5. The van der Waals surface area contributed by atoms with Crippen molar-refractivity contribution in [3.05, 3.63) is 47.0 Å². The number of hydrogen-bond acceptors (Lipinski definition) is 6. The number of nitrogens with zero attached hydrogens (tertiary/aromatic N) is 4. The Morgan fingerprint density at radius 3 is 2.25 bits per heavy atom. The van der Waals surface area contributed by atoms with Crippen LogP contribution in [0.3, 0.4) is 0 Å². The average Bonchev–Trinajstić information content (AvgIpc) is 3.31. The van der Waals surface area contributed by atoms with Crippen molar-refractivity contribution in [3.63, 3.8) is 0 Å². The predicted molar refractivity (Wildman–Crippen MR) is 123 cm³/mol. The first-order chi connectivity index (χ1) is 13.6. The minimum absolute atomic E-state index is 0.994. The molecular weight excluding hydrogens is 384 g/mol. The highest BCUT2D eigenvalue weighted by molar-refractivity contribution is 7.22. The van der Waals surface area contributed by atoms with Gasteiger partial charge in [-0.1, -0.05) is 41.7 Å². The third kappa shape index (κ3) is 3.14. The van der Waals surface area contributed by atoms with Crippen LogP contribution in [0.15, 0.2) is 30.3 Å². The minimum Gasteiger partial charge on any atom is -0.345 e. The Balaban J connectivity index is 1.34. The van der Waals surface area contributed by atoms with Crippen molar-refractivity contribution in [3.8, 4) is 0 Å². The molecule has 0 atom stereocenters. The summed E-state index contributed by atoms with van der Waals surface area (Å²) in [5.41, 5.74) is 6.25. The van der Waals surface area contributed by atoms with Crippen LogP contribution in [-0.2, 0) is 6.42 Å². The molecule has 0 spiro atoms. The lowest BCUT2D eigenvalue weighted by molar-refractivity contribution is 0.651. The monoisotopic (exact) mass is 408 g/mol. The van der Waals surface area contributed by atoms with E-state index in [2.05, 4.69) is 60.9 Å². The zero-order valence-corrected chi connectivity index (χ0v) is 18.2. The van der Waals surface area contributed by atoms with E-state index in [0.29, 0.717) is 0 Å². The maximum absolute atomic E-state index is 4.94. The van der Waals surface area contributed by atoms with Gasteiger partial charge in [0.25, 0.3) is 0 Å². The van der Waals surface area contributed by atoms with E-state index in [1.165, 1.54) is 26.1 Å². The number of thiazole rings is 2. The molecule has 3 heterocycles. The molecule has 28 heavy (non-hydrogen) atoms. The number of benzene rings is 2. The van der Waals surface area contributed by atoms with Crippen LogP contribution < -0.4 is 9.80 Å². The zero-order chi connectivity index (χ0) is 19.3. The first-order valence-corrected chi connectivity index (χ1v) is 11.5. The predicted octanol–water partition coefficient (Wildman–Crippen LogP) is 5.41. The average molecular weight is 409 g/mol. The van der Waals surface area contributed by atoms with Crippen molar-refractivity contribution in [2.45, 2.75) is 27.2 Å². The van der Waals surface area contributed by atoms with Gasteiger partial charge in [-0.3, -0.25) is 0 Å². The molecule has 1 saturated heterocycles. The summed E-state index contributed by atoms with van der Waals surface area (Å²) in [4.78, 5) is 14.7. The van der Waals surface area contributed by atoms with Crippen LogP contribution in [-0.4, -0.2) is 36.1 Å². The maximum atomic E-state index is 4.94. The summed E-state index contributed by atoms with van der Waals surface area (Å²) < 4.78 is 2.60. The van der Waals surface area contributed by atoms with Gasteiger partial charge in [-0.15, -0.1) is 0 Å². The normalized spacial score (nSPS) is 15.1. The van der Waals surface area contributed by atoms with Crippen LogP contribution in [0.4, 0.5) is 10.3 Å². The lowest BCUT2D eigenvalue weighted by Crippen LogP contribution is -2.46. The Kier molecular flexibility index (Phi) is 4.48. The molecule has 1 aliphatic rings. The Morgan fingerprint density at radius 1 is 0.857 bits per heavy atom. The first-order valence-electron chi connectivity index (χ1n) is 9.88. The molecule has 0 unspecified atom stereocenters. The van der Waals surface area contributed by atoms with Crippen LogP contribution in [0.1, 0.15) is 23.6 Å². The molecule has 5 rings (SSSR count). The van der Waals surface area contributed by atoms with E-state index in [0.717, 1.165) is 53.9 Å². The van der Waals surface area contributed by atoms with Gasteiger partial charge in [0, 0.05) is 26.2 Å². The van der Waals surface area contributed by atoms with Gasteiger partial charge >= 0.3 is 0 Å². The second-order valence-corrected chi connectivity index (χ2v) is 9.57. The van der Waals surface area contributed by atoms with E-state index in [1.54, 1.807) is 0 Å². The molecule has 1 fully saturated rings. The summed E-state index contributed by atoms with van der Waals surface area (Å²) in [5, 5.41) is 2.30. The molecule has 144 valence electrons. The number of piperazine rings is 1. The highest BCUT2D eigenvalue weighted by Gasteiger charge is 2.22. The van der Waals surface area contributed by atoms with Gasteiger partial charge in [-0.2, -0.15) is 0 Å². The molecule has 1 aliphatic heterocycles. The molecule has 0 saturated carbocycles. The van der Waals surface area contributed by atoms with E-state index < -0.39 is 0 Å². The molecule has 2 aromatic heterocycles. The van der Waals surface area contributed by atoms with Gasteiger partial charge < -0.3 is 9.80 Å². The number of aryl methyl sites for hydroxylation is 3. The summed E-state index contributed by atoms with van der Waals surface area (Å²) in [7, 11) is 0. The third-order valence-electron chi connectivity index (χ3n) is 5.49. The largest absolute Gasteiger partial charge is 0.345 e. The number of hydrogen-bond donors (Lipinski definition) is 0. The van der Waals surface area contributed by atoms with E-state index in [1.807, 2.05) is 22.7 Å². The van der Waals surface area contributed by atoms with E-state index >= 15 is 0 Å². The van der Waals surface area contributed by atoms with Crippen molar-refractivity contribution >= 4 is 53.4 Å². The number of fused-ring (bicyclic) bond motifs is 2.